The van der Waals surface area contributed by atoms with Crippen molar-refractivity contribution in [1.29, 1.82) is 0 Å². The van der Waals surface area contributed by atoms with E-state index < -0.39 is 20.7 Å². The number of hydrogen-bond acceptors (Lipinski definition) is 3. The van der Waals surface area contributed by atoms with Crippen LogP contribution >= 0.6 is 0 Å². The van der Waals surface area contributed by atoms with Crippen LogP contribution in [0.1, 0.15) is 26.7 Å². The summed E-state index contributed by atoms with van der Waals surface area (Å²) in [5.41, 5.74) is 0.308. The highest BCUT2D eigenvalue weighted by Crippen LogP contribution is 2.36. The van der Waals surface area contributed by atoms with Crippen LogP contribution in [-0.4, -0.2) is 58.5 Å². The highest BCUT2D eigenvalue weighted by molar-refractivity contribution is 7.92. The molecule has 1 aromatic heterocycles. The largest absolute Gasteiger partial charge is 0.357 e. The number of fused-ring (bicyclic) bond motifs is 1. The third kappa shape index (κ3) is 2.53. The van der Waals surface area contributed by atoms with E-state index >= 15 is 0 Å². The van der Waals surface area contributed by atoms with Gasteiger partial charge in [0.15, 0.2) is 9.84 Å². The van der Waals surface area contributed by atoms with Gasteiger partial charge in [-0.1, -0.05) is 0 Å². The van der Waals surface area contributed by atoms with E-state index in [1.807, 2.05) is 49.7 Å². The minimum absolute atomic E-state index is 0.215. The Kier molecular flexibility index (Phi) is 3.96. The number of rotatable bonds is 5. The molecule has 124 valence electrons. The van der Waals surface area contributed by atoms with E-state index in [0.717, 1.165) is 23.7 Å². The molecule has 0 N–H and O–H groups in total. The molecule has 1 aromatic carbocycles. The van der Waals surface area contributed by atoms with Gasteiger partial charge >= 0.3 is 0 Å². The molecule has 1 saturated carbocycles. The molecular weight excluding hydrogens is 318 g/mol. The van der Waals surface area contributed by atoms with Crippen molar-refractivity contribution in [3.05, 3.63) is 30.5 Å². The summed E-state index contributed by atoms with van der Waals surface area (Å²) in [7, 11) is 13.6. The average molecular weight is 340 g/mol. The molecule has 0 saturated heterocycles. The number of nitrogens with zero attached hydrogens (tertiary/aromatic N) is 2. The number of sulfone groups is 1. The molecule has 2 aromatic rings. The molecule has 0 spiro atoms. The van der Waals surface area contributed by atoms with Gasteiger partial charge in [-0.15, -0.1) is 0 Å². The second kappa shape index (κ2) is 5.40. The molecule has 0 amide bonds. The van der Waals surface area contributed by atoms with Crippen molar-refractivity contribution < 1.29 is 8.42 Å². The van der Waals surface area contributed by atoms with Crippen molar-refractivity contribution in [3.63, 3.8) is 0 Å². The number of likely N-dealkylation sites (N-methyl/N-ethyl adjacent to an activating group) is 1. The molecular formula is C17H22B2N2O2S. The normalized spacial score (nSPS) is 16.9. The van der Waals surface area contributed by atoms with Crippen molar-refractivity contribution in [2.24, 2.45) is 0 Å². The van der Waals surface area contributed by atoms with Crippen LogP contribution in [0.3, 0.4) is 0 Å². The Morgan fingerprint density at radius 2 is 1.79 bits per heavy atom. The molecule has 1 aliphatic carbocycles. The van der Waals surface area contributed by atoms with Crippen LogP contribution in [0.15, 0.2) is 35.4 Å². The van der Waals surface area contributed by atoms with E-state index in [0.29, 0.717) is 4.90 Å². The Balaban J connectivity index is 2.09. The van der Waals surface area contributed by atoms with Crippen LogP contribution in [0.25, 0.3) is 10.9 Å². The third-order valence-corrected chi connectivity index (χ3v) is 7.71. The molecule has 0 bridgehead atoms. The van der Waals surface area contributed by atoms with Crippen LogP contribution in [-0.2, 0) is 15.2 Å². The lowest BCUT2D eigenvalue weighted by Crippen LogP contribution is -2.60. The monoisotopic (exact) mass is 340 g/mol. The molecule has 0 atom stereocenters. The van der Waals surface area contributed by atoms with Gasteiger partial charge in [-0.05, 0) is 70.4 Å². The fraction of sp³-hybridized carbons (Fsp3) is 0.529. The second-order valence-corrected chi connectivity index (χ2v) is 9.66. The van der Waals surface area contributed by atoms with Crippen molar-refractivity contribution in [2.75, 3.05) is 14.1 Å². The van der Waals surface area contributed by atoms with Crippen LogP contribution in [0, 0.1) is 0 Å². The smallest absolute Gasteiger partial charge is 0.181 e. The van der Waals surface area contributed by atoms with Gasteiger partial charge < -0.3 is 9.47 Å². The molecule has 1 aliphatic rings. The minimum atomic E-state index is -3.21. The van der Waals surface area contributed by atoms with Crippen molar-refractivity contribution in [3.8, 4) is 0 Å². The van der Waals surface area contributed by atoms with Gasteiger partial charge in [0.1, 0.15) is 0 Å². The summed E-state index contributed by atoms with van der Waals surface area (Å²) in [6.07, 6.45) is 3.34. The van der Waals surface area contributed by atoms with Gasteiger partial charge in [-0.2, -0.15) is 0 Å². The Hall–Kier alpha value is -1.20. The van der Waals surface area contributed by atoms with E-state index in [1.54, 1.807) is 18.2 Å². The Labute approximate surface area is 146 Å². The van der Waals surface area contributed by atoms with Crippen LogP contribution in [0.4, 0.5) is 0 Å². The summed E-state index contributed by atoms with van der Waals surface area (Å²) in [5, 5.41) is -0.547. The molecule has 4 nitrogen and oxygen atoms in total. The van der Waals surface area contributed by atoms with Crippen molar-refractivity contribution >= 4 is 36.4 Å². The summed E-state index contributed by atoms with van der Waals surface area (Å²) in [5.74, 6) is 0. The molecule has 4 radical (unpaired) electrons. The van der Waals surface area contributed by atoms with Gasteiger partial charge in [-0.3, -0.25) is 0 Å². The molecule has 0 unspecified atom stereocenters. The topological polar surface area (TPSA) is 42.3 Å². The van der Waals surface area contributed by atoms with Crippen LogP contribution < -0.4 is 0 Å². The highest BCUT2D eigenvalue weighted by Gasteiger charge is 2.40. The van der Waals surface area contributed by atoms with Gasteiger partial charge in [0.05, 0.1) is 25.8 Å². The maximum Gasteiger partial charge on any atom is 0.181 e. The minimum Gasteiger partial charge on any atom is -0.357 e. The number of hydrogen-bond donors (Lipinski definition) is 0. The van der Waals surface area contributed by atoms with Crippen LogP contribution in [0.5, 0.6) is 0 Å². The van der Waals surface area contributed by atoms with Crippen molar-refractivity contribution in [2.45, 2.75) is 47.7 Å². The first-order valence-electron chi connectivity index (χ1n) is 8.10. The first kappa shape index (κ1) is 17.6. The predicted octanol–water partition coefficient (Wildman–Crippen LogP) is 1.86. The highest BCUT2D eigenvalue weighted by atomic mass is 32.2. The molecule has 0 aliphatic heterocycles. The predicted molar refractivity (Wildman–Crippen MR) is 99.4 cm³/mol. The maximum absolute atomic E-state index is 12.4. The number of benzene rings is 1. The molecule has 3 rings (SSSR count). The Morgan fingerprint density at radius 1 is 1.17 bits per heavy atom. The first-order valence-corrected chi connectivity index (χ1v) is 9.65. The van der Waals surface area contributed by atoms with Gasteiger partial charge in [-0.25, -0.2) is 8.42 Å². The van der Waals surface area contributed by atoms with Gasteiger partial charge in [0.25, 0.3) is 0 Å². The number of aromatic nitrogens is 1. The first-order chi connectivity index (χ1) is 11.0. The van der Waals surface area contributed by atoms with Crippen molar-refractivity contribution in [1.82, 2.24) is 9.47 Å². The lowest BCUT2D eigenvalue weighted by molar-refractivity contribution is 0.141. The van der Waals surface area contributed by atoms with E-state index in [1.165, 1.54) is 0 Å². The van der Waals surface area contributed by atoms with Gasteiger partial charge in [0.2, 0.25) is 0 Å². The average Bonchev–Trinajstić information content (AvgIpc) is 3.26. The fourth-order valence-electron chi connectivity index (χ4n) is 2.84. The summed E-state index contributed by atoms with van der Waals surface area (Å²) in [6.45, 7) is 3.95. The summed E-state index contributed by atoms with van der Waals surface area (Å²) < 4.78 is 26.7. The fourth-order valence-corrected chi connectivity index (χ4v) is 4.53. The maximum atomic E-state index is 12.4. The molecule has 24 heavy (non-hydrogen) atoms. The lowest BCUT2D eigenvalue weighted by Gasteiger charge is -2.49. The summed E-state index contributed by atoms with van der Waals surface area (Å²) in [4.78, 5) is 2.35. The molecule has 1 heterocycles. The van der Waals surface area contributed by atoms with E-state index in [9.17, 15) is 8.42 Å². The molecule has 7 heteroatoms. The second-order valence-electron chi connectivity index (χ2n) is 7.43. The SMILES string of the molecule is [B]C([B])(n1ccc2cc(S(=O)(=O)C3CC3)ccc21)C(C)(C)N(C)C. The lowest BCUT2D eigenvalue weighted by atomic mass is 9.51. The zero-order valence-corrected chi connectivity index (χ0v) is 15.5. The third-order valence-electron chi connectivity index (χ3n) is 5.45. The Bertz CT molecular complexity index is 881. The zero-order valence-electron chi connectivity index (χ0n) is 14.7. The quantitative estimate of drug-likeness (QED) is 0.781. The Morgan fingerprint density at radius 3 is 2.33 bits per heavy atom. The van der Waals surface area contributed by atoms with Crippen LogP contribution in [0.2, 0.25) is 0 Å². The summed E-state index contributed by atoms with van der Waals surface area (Å²) in [6, 6.07) is 7.04. The van der Waals surface area contributed by atoms with E-state index in [2.05, 4.69) is 0 Å². The summed E-state index contributed by atoms with van der Waals surface area (Å²) >= 11 is 0. The van der Waals surface area contributed by atoms with E-state index in [-0.39, 0.29) is 5.25 Å². The van der Waals surface area contributed by atoms with E-state index in [4.69, 9.17) is 15.7 Å². The standard InChI is InChI=1S/C17H22B2N2O2S/c1-16(2,20(3)4)17(18,19)21-10-9-12-11-14(7-8-15(12)21)24(22,23)13-5-6-13/h7-11,13H,5-6H2,1-4H3. The van der Waals surface area contributed by atoms with Gasteiger partial charge in [0, 0.05) is 22.6 Å². The molecule has 1 fully saturated rings. The zero-order chi connectivity index (χ0) is 17.9.